The fourth-order valence-electron chi connectivity index (χ4n) is 2.66. The van der Waals surface area contributed by atoms with Crippen molar-refractivity contribution in [1.82, 2.24) is 0 Å². The predicted molar refractivity (Wildman–Crippen MR) is 79.4 cm³/mol. The maximum Gasteiger partial charge on any atom is 0.509 e. The van der Waals surface area contributed by atoms with Crippen LogP contribution in [-0.4, -0.2) is 51.2 Å². The second-order valence-electron chi connectivity index (χ2n) is 5.67. The lowest BCUT2D eigenvalue weighted by atomic mass is 10.1. The highest BCUT2D eigenvalue weighted by molar-refractivity contribution is 7.90. The highest BCUT2D eigenvalue weighted by Crippen LogP contribution is 2.34. The van der Waals surface area contributed by atoms with Gasteiger partial charge >= 0.3 is 6.16 Å². The number of rotatable bonds is 6. The molecule has 23 heavy (non-hydrogen) atoms. The van der Waals surface area contributed by atoms with Crippen molar-refractivity contribution in [3.05, 3.63) is 35.9 Å². The molecule has 4 atom stereocenters. The van der Waals surface area contributed by atoms with E-state index in [1.165, 1.54) is 0 Å². The summed E-state index contributed by atoms with van der Waals surface area (Å²) >= 11 is 0. The summed E-state index contributed by atoms with van der Waals surface area (Å²) in [4.78, 5) is 11.3. The van der Waals surface area contributed by atoms with Crippen molar-refractivity contribution in [2.75, 3.05) is 12.0 Å². The zero-order valence-electron chi connectivity index (χ0n) is 12.6. The van der Waals surface area contributed by atoms with Gasteiger partial charge < -0.3 is 18.9 Å². The van der Waals surface area contributed by atoms with E-state index in [1.807, 2.05) is 30.3 Å². The quantitative estimate of drug-likeness (QED) is 0.719. The molecule has 2 saturated heterocycles. The Hall–Kier alpha value is -1.64. The first kappa shape index (κ1) is 16.2. The maximum absolute atomic E-state index is 11.3. The third-order valence-electron chi connectivity index (χ3n) is 3.76. The Bertz CT molecular complexity index is 658. The Kier molecular flexibility index (Phi) is 4.56. The highest BCUT2D eigenvalue weighted by atomic mass is 32.2. The summed E-state index contributed by atoms with van der Waals surface area (Å²) < 4.78 is 44.2. The molecule has 3 rings (SSSR count). The Morgan fingerprint density at radius 2 is 1.83 bits per heavy atom. The van der Waals surface area contributed by atoms with Crippen LogP contribution in [0.5, 0.6) is 0 Å². The third-order valence-corrected chi connectivity index (χ3v) is 4.74. The van der Waals surface area contributed by atoms with Gasteiger partial charge in [-0.15, -0.1) is 0 Å². The van der Waals surface area contributed by atoms with E-state index in [1.54, 1.807) is 0 Å². The monoisotopic (exact) mass is 342 g/mol. The molecule has 0 radical (unpaired) electrons. The number of ether oxygens (including phenoxy) is 4. The van der Waals surface area contributed by atoms with E-state index in [4.69, 9.17) is 18.9 Å². The standard InChI is InChI=1S/C15H18O7S/c1-23(17,18)8-7-11-12-13(22-15(16)21-12)14(20-11)19-9-10-5-3-2-4-6-10/h2-6,11-14H,7-9H2,1H3/t11-,12-,13-,14-/m1/s1. The van der Waals surface area contributed by atoms with Crippen LogP contribution in [0, 0.1) is 0 Å². The fraction of sp³-hybridized carbons (Fsp3) is 0.533. The average Bonchev–Trinajstić information content (AvgIpc) is 3.01. The third kappa shape index (κ3) is 4.01. The van der Waals surface area contributed by atoms with E-state index in [9.17, 15) is 13.2 Å². The molecule has 0 bridgehead atoms. The molecule has 2 aliphatic heterocycles. The number of carbonyl (C=O) groups excluding carboxylic acids is 1. The summed E-state index contributed by atoms with van der Waals surface area (Å²) in [6.07, 6.45) is -2.03. The first-order valence-corrected chi connectivity index (χ1v) is 9.34. The normalized spacial score (nSPS) is 29.9. The van der Waals surface area contributed by atoms with Crippen molar-refractivity contribution in [1.29, 1.82) is 0 Å². The Morgan fingerprint density at radius 3 is 2.52 bits per heavy atom. The lowest BCUT2D eigenvalue weighted by molar-refractivity contribution is -0.173. The summed E-state index contributed by atoms with van der Waals surface area (Å²) in [5.74, 6) is -0.0517. The van der Waals surface area contributed by atoms with Gasteiger partial charge in [0.15, 0.2) is 18.5 Å². The van der Waals surface area contributed by atoms with Crippen LogP contribution in [0.25, 0.3) is 0 Å². The molecule has 126 valence electrons. The molecule has 0 N–H and O–H groups in total. The molecule has 2 aliphatic rings. The number of fused-ring (bicyclic) bond motifs is 1. The van der Waals surface area contributed by atoms with Crippen LogP contribution in [0.15, 0.2) is 30.3 Å². The lowest BCUT2D eigenvalue weighted by Crippen LogP contribution is -2.31. The molecule has 2 fully saturated rings. The predicted octanol–water partition coefficient (Wildman–Crippen LogP) is 1.27. The molecule has 8 heteroatoms. The Balaban J connectivity index is 1.63. The minimum absolute atomic E-state index is 0.0517. The number of hydrogen-bond acceptors (Lipinski definition) is 7. The van der Waals surface area contributed by atoms with Gasteiger partial charge in [0.25, 0.3) is 0 Å². The molecular formula is C15H18O7S. The highest BCUT2D eigenvalue weighted by Gasteiger charge is 2.54. The van der Waals surface area contributed by atoms with Gasteiger partial charge in [0, 0.05) is 6.26 Å². The second kappa shape index (κ2) is 6.46. The minimum Gasteiger partial charge on any atom is -0.424 e. The number of sulfone groups is 1. The largest absolute Gasteiger partial charge is 0.509 e. The molecule has 0 saturated carbocycles. The fourth-order valence-corrected chi connectivity index (χ4v) is 3.32. The van der Waals surface area contributed by atoms with Gasteiger partial charge in [-0.25, -0.2) is 13.2 Å². The van der Waals surface area contributed by atoms with E-state index in [0.717, 1.165) is 11.8 Å². The van der Waals surface area contributed by atoms with Crippen LogP contribution < -0.4 is 0 Å². The molecule has 1 aromatic carbocycles. The summed E-state index contributed by atoms with van der Waals surface area (Å²) in [6.45, 7) is 0.297. The molecule has 0 aromatic heterocycles. The van der Waals surface area contributed by atoms with Crippen molar-refractivity contribution in [2.45, 2.75) is 37.6 Å². The molecule has 2 heterocycles. The smallest absolute Gasteiger partial charge is 0.424 e. The van der Waals surface area contributed by atoms with Gasteiger partial charge in [-0.1, -0.05) is 30.3 Å². The molecular weight excluding hydrogens is 324 g/mol. The molecule has 0 aliphatic carbocycles. The van der Waals surface area contributed by atoms with Crippen LogP contribution in [-0.2, 0) is 35.4 Å². The van der Waals surface area contributed by atoms with Crippen LogP contribution in [0.4, 0.5) is 4.79 Å². The van der Waals surface area contributed by atoms with Crippen LogP contribution in [0.3, 0.4) is 0 Å². The zero-order valence-corrected chi connectivity index (χ0v) is 13.4. The molecule has 0 amide bonds. The van der Waals surface area contributed by atoms with Gasteiger partial charge in [0.2, 0.25) is 0 Å². The summed E-state index contributed by atoms with van der Waals surface area (Å²) in [5, 5.41) is 0. The number of hydrogen-bond donors (Lipinski definition) is 0. The first-order valence-electron chi connectivity index (χ1n) is 7.28. The molecule has 1 aromatic rings. The Morgan fingerprint density at radius 1 is 1.13 bits per heavy atom. The van der Waals surface area contributed by atoms with Crippen molar-refractivity contribution in [2.24, 2.45) is 0 Å². The van der Waals surface area contributed by atoms with Crippen molar-refractivity contribution < 1.29 is 32.2 Å². The van der Waals surface area contributed by atoms with Crippen LogP contribution >= 0.6 is 0 Å². The van der Waals surface area contributed by atoms with E-state index < -0.39 is 40.6 Å². The average molecular weight is 342 g/mol. The van der Waals surface area contributed by atoms with Gasteiger partial charge in [-0.3, -0.25) is 0 Å². The lowest BCUT2D eigenvalue weighted by Gasteiger charge is -2.16. The van der Waals surface area contributed by atoms with Crippen LogP contribution in [0.2, 0.25) is 0 Å². The van der Waals surface area contributed by atoms with Gasteiger partial charge in [-0.05, 0) is 12.0 Å². The second-order valence-corrected chi connectivity index (χ2v) is 7.93. The van der Waals surface area contributed by atoms with E-state index in [0.29, 0.717) is 6.61 Å². The maximum atomic E-state index is 11.3. The van der Waals surface area contributed by atoms with Gasteiger partial charge in [0.1, 0.15) is 15.9 Å². The first-order chi connectivity index (χ1) is 10.9. The molecule has 0 spiro atoms. The van der Waals surface area contributed by atoms with Crippen molar-refractivity contribution in [3.63, 3.8) is 0 Å². The molecule has 0 unspecified atom stereocenters. The van der Waals surface area contributed by atoms with E-state index in [2.05, 4.69) is 0 Å². The Labute approximate surface area is 134 Å². The summed E-state index contributed by atoms with van der Waals surface area (Å²) in [7, 11) is -3.13. The number of carbonyl (C=O) groups is 1. The minimum atomic E-state index is -3.13. The summed E-state index contributed by atoms with van der Waals surface area (Å²) in [5.41, 5.74) is 0.956. The van der Waals surface area contributed by atoms with Crippen molar-refractivity contribution in [3.8, 4) is 0 Å². The number of benzene rings is 1. The molecule has 7 nitrogen and oxygen atoms in total. The van der Waals surface area contributed by atoms with Crippen LogP contribution in [0.1, 0.15) is 12.0 Å². The zero-order chi connectivity index (χ0) is 16.4. The summed E-state index contributed by atoms with van der Waals surface area (Å²) in [6, 6.07) is 9.50. The van der Waals surface area contributed by atoms with E-state index >= 15 is 0 Å². The van der Waals surface area contributed by atoms with Gasteiger partial charge in [-0.2, -0.15) is 0 Å². The SMILES string of the molecule is CS(=O)(=O)CC[C@H]1O[C@@H](OCc2ccccc2)[C@@H]2OC(=O)O[C@@H]21. The van der Waals surface area contributed by atoms with Crippen molar-refractivity contribution >= 4 is 16.0 Å². The van der Waals surface area contributed by atoms with E-state index in [-0.39, 0.29) is 12.2 Å². The topological polar surface area (TPSA) is 88.1 Å². The van der Waals surface area contributed by atoms with Gasteiger partial charge in [0.05, 0.1) is 12.4 Å².